The SMILES string of the molecule is Cc1nc([C@@H]2CN(S(=O)(=O)N(C)C)CCO2)cc(=O)[nH]1. The summed E-state index contributed by atoms with van der Waals surface area (Å²) in [4.78, 5) is 18.2. The number of rotatable bonds is 3. The van der Waals surface area contributed by atoms with Gasteiger partial charge in [0.1, 0.15) is 11.9 Å². The Morgan fingerprint density at radius 1 is 1.50 bits per heavy atom. The molecule has 1 saturated heterocycles. The van der Waals surface area contributed by atoms with E-state index in [-0.39, 0.29) is 18.7 Å². The van der Waals surface area contributed by atoms with Crippen molar-refractivity contribution in [3.05, 3.63) is 27.9 Å². The van der Waals surface area contributed by atoms with E-state index in [4.69, 9.17) is 4.74 Å². The quantitative estimate of drug-likeness (QED) is 0.793. The number of H-pyrrole nitrogens is 1. The van der Waals surface area contributed by atoms with Crippen molar-refractivity contribution in [3.63, 3.8) is 0 Å². The second-order valence-corrected chi connectivity index (χ2v) is 6.91. The van der Waals surface area contributed by atoms with Gasteiger partial charge in [-0.2, -0.15) is 17.0 Å². The smallest absolute Gasteiger partial charge is 0.281 e. The van der Waals surface area contributed by atoms with Gasteiger partial charge >= 0.3 is 0 Å². The molecule has 0 spiro atoms. The lowest BCUT2D eigenvalue weighted by atomic mass is 10.2. The topological polar surface area (TPSA) is 95.6 Å². The summed E-state index contributed by atoms with van der Waals surface area (Å²) in [5, 5.41) is 0. The van der Waals surface area contributed by atoms with Gasteiger partial charge in [-0.25, -0.2) is 4.98 Å². The number of aromatic nitrogens is 2. The largest absolute Gasteiger partial charge is 0.369 e. The van der Waals surface area contributed by atoms with Crippen molar-refractivity contribution < 1.29 is 13.2 Å². The van der Waals surface area contributed by atoms with Gasteiger partial charge in [-0.1, -0.05) is 0 Å². The lowest BCUT2D eigenvalue weighted by Gasteiger charge is -2.33. The first-order valence-electron chi connectivity index (χ1n) is 6.18. The summed E-state index contributed by atoms with van der Waals surface area (Å²) >= 11 is 0. The zero-order valence-corrected chi connectivity index (χ0v) is 12.5. The van der Waals surface area contributed by atoms with Crippen LogP contribution in [0.15, 0.2) is 10.9 Å². The van der Waals surface area contributed by atoms with Crippen molar-refractivity contribution in [1.82, 2.24) is 18.6 Å². The minimum atomic E-state index is -3.49. The molecule has 1 atom stereocenters. The number of morpholine rings is 1. The zero-order chi connectivity index (χ0) is 14.9. The maximum Gasteiger partial charge on any atom is 0.281 e. The fourth-order valence-corrected chi connectivity index (χ4v) is 3.10. The Kier molecular flexibility index (Phi) is 4.23. The van der Waals surface area contributed by atoms with E-state index in [1.807, 2.05) is 0 Å². The Bertz CT molecular complexity index is 640. The molecule has 20 heavy (non-hydrogen) atoms. The molecule has 8 nitrogen and oxygen atoms in total. The molecule has 9 heteroatoms. The Hall–Kier alpha value is -1.29. The first-order valence-corrected chi connectivity index (χ1v) is 7.57. The van der Waals surface area contributed by atoms with Crippen LogP contribution in [0.25, 0.3) is 0 Å². The van der Waals surface area contributed by atoms with Gasteiger partial charge in [-0.05, 0) is 6.92 Å². The number of hydrogen-bond acceptors (Lipinski definition) is 5. The highest BCUT2D eigenvalue weighted by molar-refractivity contribution is 7.86. The zero-order valence-electron chi connectivity index (χ0n) is 11.7. The van der Waals surface area contributed by atoms with Crippen LogP contribution in [0.4, 0.5) is 0 Å². The number of aryl methyl sites for hydroxylation is 1. The molecule has 0 bridgehead atoms. The highest BCUT2D eigenvalue weighted by Gasteiger charge is 2.32. The molecule has 1 aromatic heterocycles. The molecule has 1 aromatic rings. The molecular formula is C11H18N4O4S. The normalized spacial score (nSPS) is 21.3. The van der Waals surface area contributed by atoms with E-state index in [0.29, 0.717) is 18.1 Å². The van der Waals surface area contributed by atoms with Gasteiger partial charge in [0, 0.05) is 33.3 Å². The van der Waals surface area contributed by atoms with Gasteiger partial charge in [0.15, 0.2) is 0 Å². The van der Waals surface area contributed by atoms with Gasteiger partial charge in [0.05, 0.1) is 12.3 Å². The first kappa shape index (κ1) is 15.1. The van der Waals surface area contributed by atoms with Crippen molar-refractivity contribution in [3.8, 4) is 0 Å². The summed E-state index contributed by atoms with van der Waals surface area (Å²) in [7, 11) is -0.525. The van der Waals surface area contributed by atoms with Gasteiger partial charge < -0.3 is 9.72 Å². The molecule has 1 fully saturated rings. The van der Waals surface area contributed by atoms with E-state index in [1.165, 1.54) is 24.5 Å². The molecule has 0 radical (unpaired) electrons. The molecule has 0 unspecified atom stereocenters. The predicted molar refractivity (Wildman–Crippen MR) is 72.5 cm³/mol. The number of nitrogens with one attached hydrogen (secondary N) is 1. The molecule has 0 aromatic carbocycles. The predicted octanol–water partition coefficient (Wildman–Crippen LogP) is -0.742. The Morgan fingerprint density at radius 2 is 2.20 bits per heavy atom. The summed E-state index contributed by atoms with van der Waals surface area (Å²) in [6, 6.07) is 1.34. The third-order valence-electron chi connectivity index (χ3n) is 3.03. The number of aromatic amines is 1. The summed E-state index contributed by atoms with van der Waals surface area (Å²) in [6.45, 7) is 2.38. The van der Waals surface area contributed by atoms with E-state index >= 15 is 0 Å². The number of ether oxygens (including phenoxy) is 1. The monoisotopic (exact) mass is 302 g/mol. The van der Waals surface area contributed by atoms with Gasteiger partial charge in [-0.15, -0.1) is 0 Å². The van der Waals surface area contributed by atoms with Crippen molar-refractivity contribution >= 4 is 10.2 Å². The van der Waals surface area contributed by atoms with Gasteiger partial charge in [-0.3, -0.25) is 4.79 Å². The van der Waals surface area contributed by atoms with Crippen LogP contribution in [0.1, 0.15) is 17.6 Å². The van der Waals surface area contributed by atoms with E-state index in [9.17, 15) is 13.2 Å². The van der Waals surface area contributed by atoms with Gasteiger partial charge in [0.2, 0.25) is 0 Å². The molecule has 0 amide bonds. The highest BCUT2D eigenvalue weighted by atomic mass is 32.2. The Labute approximate surface area is 117 Å². The molecular weight excluding hydrogens is 284 g/mol. The third-order valence-corrected chi connectivity index (χ3v) is 4.93. The second-order valence-electron chi connectivity index (χ2n) is 4.76. The summed E-state index contributed by atoms with van der Waals surface area (Å²) in [6.07, 6.45) is -0.528. The summed E-state index contributed by atoms with van der Waals surface area (Å²) in [5.41, 5.74) is 0.175. The molecule has 2 rings (SSSR count). The fourth-order valence-electron chi connectivity index (χ4n) is 2.01. The van der Waals surface area contributed by atoms with Crippen molar-refractivity contribution in [1.29, 1.82) is 0 Å². The minimum Gasteiger partial charge on any atom is -0.369 e. The Balaban J connectivity index is 2.25. The molecule has 112 valence electrons. The van der Waals surface area contributed by atoms with Crippen molar-refractivity contribution in [2.75, 3.05) is 33.8 Å². The lowest BCUT2D eigenvalue weighted by molar-refractivity contribution is -0.00644. The van der Waals surface area contributed by atoms with E-state index in [2.05, 4.69) is 9.97 Å². The minimum absolute atomic E-state index is 0.149. The molecule has 1 N–H and O–H groups in total. The lowest BCUT2D eigenvalue weighted by Crippen LogP contribution is -2.47. The molecule has 2 heterocycles. The number of nitrogens with zero attached hydrogens (tertiary/aromatic N) is 3. The standard InChI is InChI=1S/C11H18N4O4S/c1-8-12-9(6-11(16)13-8)10-7-15(4-5-19-10)20(17,18)14(2)3/h6,10H,4-5,7H2,1-3H3,(H,12,13,16)/t10-/m0/s1. The van der Waals surface area contributed by atoms with Crippen molar-refractivity contribution in [2.24, 2.45) is 0 Å². The van der Waals surface area contributed by atoms with E-state index in [0.717, 1.165) is 4.31 Å². The first-order chi connectivity index (χ1) is 9.30. The van der Waals surface area contributed by atoms with Crippen LogP contribution < -0.4 is 5.56 Å². The maximum atomic E-state index is 12.1. The van der Waals surface area contributed by atoms with Crippen LogP contribution in [0.2, 0.25) is 0 Å². The Morgan fingerprint density at radius 3 is 2.80 bits per heavy atom. The van der Waals surface area contributed by atoms with Crippen LogP contribution in [0.3, 0.4) is 0 Å². The average molecular weight is 302 g/mol. The highest BCUT2D eigenvalue weighted by Crippen LogP contribution is 2.22. The van der Waals surface area contributed by atoms with Gasteiger partial charge in [0.25, 0.3) is 15.8 Å². The molecule has 0 saturated carbocycles. The van der Waals surface area contributed by atoms with Crippen molar-refractivity contribution in [2.45, 2.75) is 13.0 Å². The summed E-state index contributed by atoms with van der Waals surface area (Å²) in [5.74, 6) is 0.476. The van der Waals surface area contributed by atoms with E-state index in [1.54, 1.807) is 6.92 Å². The summed E-state index contributed by atoms with van der Waals surface area (Å²) < 4.78 is 32.2. The maximum absolute atomic E-state index is 12.1. The van der Waals surface area contributed by atoms with Crippen LogP contribution in [-0.2, 0) is 14.9 Å². The molecule has 0 aliphatic carbocycles. The molecule has 1 aliphatic rings. The van der Waals surface area contributed by atoms with Crippen LogP contribution in [0.5, 0.6) is 0 Å². The molecule has 1 aliphatic heterocycles. The number of hydrogen-bond donors (Lipinski definition) is 1. The van der Waals surface area contributed by atoms with Crippen LogP contribution in [0, 0.1) is 6.92 Å². The second kappa shape index (κ2) is 5.60. The fraction of sp³-hybridized carbons (Fsp3) is 0.636. The third kappa shape index (κ3) is 3.06. The van der Waals surface area contributed by atoms with E-state index < -0.39 is 16.3 Å². The van der Waals surface area contributed by atoms with Crippen LogP contribution in [-0.4, -0.2) is 60.8 Å². The average Bonchev–Trinajstić information content (AvgIpc) is 2.37. The van der Waals surface area contributed by atoms with Crippen LogP contribution >= 0.6 is 0 Å².